The lowest BCUT2D eigenvalue weighted by Gasteiger charge is -2.35. The molecule has 1 atom stereocenters. The van der Waals surface area contributed by atoms with E-state index in [1.54, 1.807) is 0 Å². The quantitative estimate of drug-likeness (QED) is 0.296. The van der Waals surface area contributed by atoms with Crippen LogP contribution in [0.25, 0.3) is 10.8 Å². The molecule has 1 unspecified atom stereocenters. The molecular formula is C27H28NP. The Morgan fingerprint density at radius 2 is 1.10 bits per heavy atom. The van der Waals surface area contributed by atoms with E-state index in [4.69, 9.17) is 0 Å². The lowest BCUT2D eigenvalue weighted by molar-refractivity contribution is 0.580. The molecule has 0 aromatic heterocycles. The van der Waals surface area contributed by atoms with Crippen molar-refractivity contribution in [1.82, 2.24) is 0 Å². The van der Waals surface area contributed by atoms with E-state index in [-0.39, 0.29) is 5.16 Å². The Morgan fingerprint density at radius 1 is 0.655 bits per heavy atom. The predicted octanol–water partition coefficient (Wildman–Crippen LogP) is 8.20. The summed E-state index contributed by atoms with van der Waals surface area (Å²) in [6, 6.07) is 34.8. The molecule has 0 radical (unpaired) electrons. The molecule has 0 N–H and O–H groups in total. The zero-order chi connectivity index (χ0) is 20.3. The van der Waals surface area contributed by atoms with Gasteiger partial charge in [-0.05, 0) is 65.6 Å². The molecule has 0 fully saturated rings. The van der Waals surface area contributed by atoms with Crippen LogP contribution in [0.15, 0.2) is 97.1 Å². The maximum Gasteiger partial charge on any atom is 0.0509 e. The summed E-state index contributed by atoms with van der Waals surface area (Å²) in [5, 5.41) is 2.59. The van der Waals surface area contributed by atoms with Crippen LogP contribution in [0.5, 0.6) is 0 Å². The highest BCUT2D eigenvalue weighted by Crippen LogP contribution is 2.48. The van der Waals surface area contributed by atoms with Crippen LogP contribution in [0.2, 0.25) is 0 Å². The van der Waals surface area contributed by atoms with Gasteiger partial charge in [-0.25, -0.2) is 0 Å². The molecular weight excluding hydrogens is 369 g/mol. The van der Waals surface area contributed by atoms with Gasteiger partial charge in [0, 0.05) is 16.5 Å². The van der Waals surface area contributed by atoms with Crippen molar-refractivity contribution in [1.29, 1.82) is 0 Å². The van der Waals surface area contributed by atoms with Crippen molar-refractivity contribution in [2.75, 3.05) is 4.90 Å². The van der Waals surface area contributed by atoms with E-state index < -0.39 is 0 Å². The van der Waals surface area contributed by atoms with E-state index in [0.717, 1.165) is 12.8 Å². The lowest BCUT2D eigenvalue weighted by atomic mass is 9.88. The van der Waals surface area contributed by atoms with Crippen LogP contribution >= 0.6 is 9.24 Å². The van der Waals surface area contributed by atoms with E-state index in [2.05, 4.69) is 125 Å². The van der Waals surface area contributed by atoms with E-state index >= 15 is 0 Å². The topological polar surface area (TPSA) is 3.24 Å². The first-order chi connectivity index (χ1) is 14.2. The lowest BCUT2D eigenvalue weighted by Crippen LogP contribution is -2.21. The monoisotopic (exact) mass is 397 g/mol. The predicted molar refractivity (Wildman–Crippen MR) is 131 cm³/mol. The number of fused-ring (bicyclic) bond motifs is 1. The largest absolute Gasteiger partial charge is 0.310 e. The summed E-state index contributed by atoms with van der Waals surface area (Å²) < 4.78 is 0. The summed E-state index contributed by atoms with van der Waals surface area (Å²) in [7, 11) is 3.16. The molecule has 0 aliphatic carbocycles. The third-order valence-corrected chi connectivity index (χ3v) is 7.06. The molecule has 4 aromatic carbocycles. The first kappa shape index (κ1) is 19.7. The van der Waals surface area contributed by atoms with Gasteiger partial charge in [0.05, 0.1) is 5.69 Å². The van der Waals surface area contributed by atoms with Crippen molar-refractivity contribution < 1.29 is 0 Å². The Hall–Kier alpha value is -2.63. The van der Waals surface area contributed by atoms with Crippen LogP contribution in [0, 0.1) is 0 Å². The summed E-state index contributed by atoms with van der Waals surface area (Å²) in [6.07, 6.45) is 2.13. The second kappa shape index (κ2) is 8.39. The highest BCUT2D eigenvalue weighted by molar-refractivity contribution is 7.18. The van der Waals surface area contributed by atoms with Gasteiger partial charge in [-0.2, -0.15) is 0 Å². The molecule has 2 heteroatoms. The Kier molecular flexibility index (Phi) is 5.69. The van der Waals surface area contributed by atoms with Crippen molar-refractivity contribution >= 4 is 37.1 Å². The van der Waals surface area contributed by atoms with Crippen LogP contribution in [0.4, 0.5) is 17.1 Å². The fourth-order valence-corrected chi connectivity index (χ4v) is 4.26. The van der Waals surface area contributed by atoms with Crippen molar-refractivity contribution in [2.24, 2.45) is 0 Å². The molecule has 4 aromatic rings. The number of hydrogen-bond acceptors (Lipinski definition) is 1. The normalized spacial score (nSPS) is 11.6. The van der Waals surface area contributed by atoms with Gasteiger partial charge in [-0.15, -0.1) is 9.24 Å². The Balaban J connectivity index is 2.05. The summed E-state index contributed by atoms with van der Waals surface area (Å²) in [6.45, 7) is 4.57. The molecule has 4 rings (SSSR count). The van der Waals surface area contributed by atoms with Gasteiger partial charge in [0.15, 0.2) is 0 Å². The minimum atomic E-state index is 0.0289. The van der Waals surface area contributed by atoms with Crippen molar-refractivity contribution in [3.8, 4) is 0 Å². The van der Waals surface area contributed by atoms with E-state index in [1.165, 1.54) is 33.4 Å². The molecule has 0 bridgehead atoms. The van der Waals surface area contributed by atoms with Crippen molar-refractivity contribution in [3.63, 3.8) is 0 Å². The number of rotatable bonds is 6. The van der Waals surface area contributed by atoms with Gasteiger partial charge in [0.25, 0.3) is 0 Å². The Bertz CT molecular complexity index is 1050. The molecule has 0 amide bonds. The van der Waals surface area contributed by atoms with Crippen LogP contribution in [0.1, 0.15) is 32.3 Å². The molecule has 29 heavy (non-hydrogen) atoms. The standard InChI is InChI=1S/C27H28NP/c1-3-27(29,4-2)25-19-21-13-11-12-14-22(21)20-26(25)28(23-15-7-5-8-16-23)24-17-9-6-10-18-24/h5-20H,3-4,29H2,1-2H3. The van der Waals surface area contributed by atoms with E-state index in [0.29, 0.717) is 0 Å². The summed E-state index contributed by atoms with van der Waals surface area (Å²) in [5.74, 6) is 0. The smallest absolute Gasteiger partial charge is 0.0509 e. The number of anilines is 3. The van der Waals surface area contributed by atoms with Crippen molar-refractivity contribution in [2.45, 2.75) is 31.8 Å². The van der Waals surface area contributed by atoms with Gasteiger partial charge in [-0.1, -0.05) is 74.5 Å². The summed E-state index contributed by atoms with van der Waals surface area (Å²) in [5.41, 5.74) is 4.98. The maximum atomic E-state index is 3.16. The van der Waals surface area contributed by atoms with Crippen LogP contribution in [0.3, 0.4) is 0 Å². The van der Waals surface area contributed by atoms with E-state index in [1.807, 2.05) is 0 Å². The summed E-state index contributed by atoms with van der Waals surface area (Å²) >= 11 is 0. The first-order valence-corrected chi connectivity index (χ1v) is 11.0. The van der Waals surface area contributed by atoms with Gasteiger partial charge in [0.1, 0.15) is 0 Å². The molecule has 0 saturated carbocycles. The second-order valence-electron chi connectivity index (χ2n) is 7.59. The average Bonchev–Trinajstić information content (AvgIpc) is 2.80. The van der Waals surface area contributed by atoms with Crippen molar-refractivity contribution in [3.05, 3.63) is 103 Å². The minimum absolute atomic E-state index is 0.0289. The number of nitrogens with zero attached hydrogens (tertiary/aromatic N) is 1. The Morgan fingerprint density at radius 3 is 1.59 bits per heavy atom. The second-order valence-corrected chi connectivity index (χ2v) is 8.69. The van der Waals surface area contributed by atoms with Gasteiger partial charge in [-0.3, -0.25) is 0 Å². The number of para-hydroxylation sites is 2. The summed E-state index contributed by atoms with van der Waals surface area (Å²) in [4.78, 5) is 2.39. The van der Waals surface area contributed by atoms with Gasteiger partial charge < -0.3 is 4.90 Å². The Labute approximate surface area is 176 Å². The molecule has 0 spiro atoms. The minimum Gasteiger partial charge on any atom is -0.310 e. The molecule has 1 nitrogen and oxygen atoms in total. The van der Waals surface area contributed by atoms with Crippen LogP contribution in [-0.4, -0.2) is 0 Å². The number of hydrogen-bond donors (Lipinski definition) is 0. The molecule has 0 aliphatic rings. The van der Waals surface area contributed by atoms with Gasteiger partial charge in [0.2, 0.25) is 0 Å². The average molecular weight is 398 g/mol. The van der Waals surface area contributed by atoms with Crippen LogP contribution in [-0.2, 0) is 5.16 Å². The third-order valence-electron chi connectivity index (χ3n) is 5.93. The molecule has 0 aliphatic heterocycles. The fraction of sp³-hybridized carbons (Fsp3) is 0.185. The zero-order valence-corrected chi connectivity index (χ0v) is 18.3. The highest BCUT2D eigenvalue weighted by atomic mass is 31.0. The first-order valence-electron chi connectivity index (χ1n) is 10.4. The molecule has 0 saturated heterocycles. The molecule has 0 heterocycles. The fourth-order valence-electron chi connectivity index (χ4n) is 4.02. The zero-order valence-electron chi connectivity index (χ0n) is 17.2. The van der Waals surface area contributed by atoms with Crippen LogP contribution < -0.4 is 4.90 Å². The van der Waals surface area contributed by atoms with E-state index in [9.17, 15) is 0 Å². The SMILES string of the molecule is CCC(P)(CC)c1cc2ccccc2cc1N(c1ccccc1)c1ccccc1. The maximum absolute atomic E-state index is 3.16. The molecule has 146 valence electrons. The van der Waals surface area contributed by atoms with Gasteiger partial charge >= 0.3 is 0 Å². The third kappa shape index (κ3) is 3.80. The highest BCUT2D eigenvalue weighted by Gasteiger charge is 2.29. The number of benzene rings is 4.